The average Bonchev–Trinajstić information content (AvgIpc) is 2.75. The first-order chi connectivity index (χ1) is 8.91. The van der Waals surface area contributed by atoms with Gasteiger partial charge >= 0.3 is 0 Å². The Morgan fingerprint density at radius 2 is 1.79 bits per heavy atom. The van der Waals surface area contributed by atoms with Crippen LogP contribution in [0.1, 0.15) is 26.2 Å². The second-order valence-corrected chi connectivity index (χ2v) is 7.62. The quantitative estimate of drug-likeness (QED) is 0.923. The van der Waals surface area contributed by atoms with Crippen molar-refractivity contribution in [3.8, 4) is 0 Å². The Balaban J connectivity index is 2.11. The summed E-state index contributed by atoms with van der Waals surface area (Å²) in [5.41, 5.74) is 0.997. The maximum absolute atomic E-state index is 11.9. The van der Waals surface area contributed by atoms with E-state index in [2.05, 4.69) is 12.2 Å². The van der Waals surface area contributed by atoms with Gasteiger partial charge in [0.1, 0.15) is 0 Å². The summed E-state index contributed by atoms with van der Waals surface area (Å²) >= 11 is 0. The van der Waals surface area contributed by atoms with Crippen LogP contribution in [0.2, 0.25) is 0 Å². The molecule has 106 valence electrons. The summed E-state index contributed by atoms with van der Waals surface area (Å²) in [5.74, 6) is 0.685. The van der Waals surface area contributed by atoms with Gasteiger partial charge in [-0.25, -0.2) is 12.7 Å². The molecule has 0 spiro atoms. The van der Waals surface area contributed by atoms with Crippen molar-refractivity contribution in [2.24, 2.45) is 5.92 Å². The van der Waals surface area contributed by atoms with Gasteiger partial charge in [0.25, 0.3) is 0 Å². The number of hydrogen-bond acceptors (Lipinski definition) is 3. The number of benzene rings is 1. The van der Waals surface area contributed by atoms with Crippen LogP contribution in [-0.2, 0) is 10.0 Å². The molecule has 1 N–H and O–H groups in total. The van der Waals surface area contributed by atoms with Gasteiger partial charge in [-0.2, -0.15) is 0 Å². The van der Waals surface area contributed by atoms with Gasteiger partial charge in [-0.05, 0) is 43.0 Å². The summed E-state index contributed by atoms with van der Waals surface area (Å²) in [6.45, 7) is 2.26. The molecule has 0 heterocycles. The Bertz CT molecular complexity index is 523. The van der Waals surface area contributed by atoms with Crippen LogP contribution < -0.4 is 5.32 Å². The van der Waals surface area contributed by atoms with E-state index in [0.29, 0.717) is 16.9 Å². The second kappa shape index (κ2) is 5.51. The minimum absolute atomic E-state index is 0.336. The zero-order valence-electron chi connectivity index (χ0n) is 11.8. The minimum atomic E-state index is -3.33. The van der Waals surface area contributed by atoms with Gasteiger partial charge in [0, 0.05) is 25.8 Å². The number of sulfonamides is 1. The highest BCUT2D eigenvalue weighted by atomic mass is 32.2. The molecule has 0 amide bonds. The highest BCUT2D eigenvalue weighted by molar-refractivity contribution is 7.89. The molecule has 5 heteroatoms. The van der Waals surface area contributed by atoms with Gasteiger partial charge in [0.05, 0.1) is 4.90 Å². The van der Waals surface area contributed by atoms with Crippen LogP contribution in [0, 0.1) is 5.92 Å². The van der Waals surface area contributed by atoms with Crippen LogP contribution in [0.15, 0.2) is 29.2 Å². The monoisotopic (exact) mass is 282 g/mol. The molecule has 19 heavy (non-hydrogen) atoms. The molecule has 0 aromatic heterocycles. The fourth-order valence-corrected chi connectivity index (χ4v) is 3.41. The molecule has 1 aromatic carbocycles. The maximum Gasteiger partial charge on any atom is 0.242 e. The molecule has 1 fully saturated rings. The molecule has 1 aliphatic carbocycles. The first-order valence-electron chi connectivity index (χ1n) is 6.70. The van der Waals surface area contributed by atoms with Crippen molar-refractivity contribution in [3.63, 3.8) is 0 Å². The summed E-state index contributed by atoms with van der Waals surface area (Å²) in [4.78, 5) is 0.336. The number of nitrogens with zero attached hydrogens (tertiary/aromatic N) is 1. The molecule has 4 nitrogen and oxygen atoms in total. The lowest BCUT2D eigenvalue weighted by Gasteiger charge is -2.19. The first-order valence-corrected chi connectivity index (χ1v) is 8.14. The molecule has 1 saturated carbocycles. The molecule has 0 radical (unpaired) electrons. The van der Waals surface area contributed by atoms with Crippen LogP contribution in [0.5, 0.6) is 0 Å². The van der Waals surface area contributed by atoms with Gasteiger partial charge in [-0.15, -0.1) is 0 Å². The zero-order chi connectivity index (χ0) is 14.0. The predicted octanol–water partition coefficient (Wildman–Crippen LogP) is 2.54. The summed E-state index contributed by atoms with van der Waals surface area (Å²) < 4.78 is 25.1. The molecule has 1 aliphatic rings. The van der Waals surface area contributed by atoms with Crippen molar-refractivity contribution in [3.05, 3.63) is 24.3 Å². The molecule has 0 saturated heterocycles. The highest BCUT2D eigenvalue weighted by Gasteiger charge is 2.23. The second-order valence-electron chi connectivity index (χ2n) is 5.47. The van der Waals surface area contributed by atoms with Gasteiger partial charge in [-0.1, -0.05) is 13.3 Å². The number of anilines is 1. The smallest absolute Gasteiger partial charge is 0.242 e. The Labute approximate surface area is 115 Å². The fraction of sp³-hybridized carbons (Fsp3) is 0.571. The van der Waals surface area contributed by atoms with Gasteiger partial charge < -0.3 is 5.32 Å². The predicted molar refractivity (Wildman–Crippen MR) is 77.7 cm³/mol. The van der Waals surface area contributed by atoms with E-state index < -0.39 is 10.0 Å². The van der Waals surface area contributed by atoms with E-state index in [1.54, 1.807) is 26.2 Å². The number of hydrogen-bond donors (Lipinski definition) is 1. The van der Waals surface area contributed by atoms with Crippen molar-refractivity contribution in [2.45, 2.75) is 37.1 Å². The van der Waals surface area contributed by atoms with E-state index in [9.17, 15) is 8.42 Å². The summed E-state index contributed by atoms with van der Waals surface area (Å²) in [5, 5.41) is 3.49. The highest BCUT2D eigenvalue weighted by Crippen LogP contribution is 2.28. The Morgan fingerprint density at radius 1 is 1.16 bits per heavy atom. The lowest BCUT2D eigenvalue weighted by molar-refractivity contribution is 0.520. The van der Waals surface area contributed by atoms with Crippen LogP contribution in [0.3, 0.4) is 0 Å². The third kappa shape index (κ3) is 3.09. The molecule has 2 atom stereocenters. The van der Waals surface area contributed by atoms with E-state index in [1.165, 1.54) is 23.6 Å². The Morgan fingerprint density at radius 3 is 2.26 bits per heavy atom. The maximum atomic E-state index is 11.9. The van der Waals surface area contributed by atoms with E-state index in [1.807, 2.05) is 12.1 Å². The number of nitrogens with one attached hydrogen (secondary N) is 1. The van der Waals surface area contributed by atoms with Crippen LogP contribution >= 0.6 is 0 Å². The fourth-order valence-electron chi connectivity index (χ4n) is 2.51. The average molecular weight is 282 g/mol. The van der Waals surface area contributed by atoms with Crippen molar-refractivity contribution in [1.29, 1.82) is 0 Å². The first kappa shape index (κ1) is 14.3. The van der Waals surface area contributed by atoms with E-state index in [4.69, 9.17) is 0 Å². The molecular weight excluding hydrogens is 260 g/mol. The lowest BCUT2D eigenvalue weighted by Crippen LogP contribution is -2.23. The topological polar surface area (TPSA) is 49.4 Å². The van der Waals surface area contributed by atoms with Crippen LogP contribution in [-0.4, -0.2) is 32.9 Å². The molecule has 0 bridgehead atoms. The lowest BCUT2D eigenvalue weighted by atomic mass is 10.1. The SMILES string of the molecule is CC1CCCC1Nc1ccc(S(=O)(=O)N(C)C)cc1. The minimum Gasteiger partial charge on any atom is -0.382 e. The van der Waals surface area contributed by atoms with Crippen molar-refractivity contribution < 1.29 is 8.42 Å². The van der Waals surface area contributed by atoms with E-state index >= 15 is 0 Å². The summed E-state index contributed by atoms with van der Waals surface area (Å²) in [7, 11) is -0.239. The van der Waals surface area contributed by atoms with Crippen molar-refractivity contribution in [1.82, 2.24) is 4.31 Å². The number of rotatable bonds is 4. The molecule has 1 aromatic rings. The molecule has 2 rings (SSSR count). The normalized spacial score (nSPS) is 23.8. The van der Waals surface area contributed by atoms with Crippen molar-refractivity contribution >= 4 is 15.7 Å². The zero-order valence-corrected chi connectivity index (χ0v) is 12.6. The van der Waals surface area contributed by atoms with Gasteiger partial charge in [0.15, 0.2) is 0 Å². The van der Waals surface area contributed by atoms with Crippen LogP contribution in [0.4, 0.5) is 5.69 Å². The van der Waals surface area contributed by atoms with Crippen LogP contribution in [0.25, 0.3) is 0 Å². The summed E-state index contributed by atoms with van der Waals surface area (Å²) in [6.07, 6.45) is 3.73. The summed E-state index contributed by atoms with van der Waals surface area (Å²) in [6, 6.07) is 7.54. The van der Waals surface area contributed by atoms with Gasteiger partial charge in [-0.3, -0.25) is 0 Å². The third-order valence-corrected chi connectivity index (χ3v) is 5.68. The Hall–Kier alpha value is -1.07. The molecular formula is C14H22N2O2S. The standard InChI is InChI=1S/C14H22N2O2S/c1-11-5-4-6-14(11)15-12-7-9-13(10-8-12)19(17,18)16(2)3/h7-11,14-15H,4-6H2,1-3H3. The Kier molecular flexibility index (Phi) is 4.16. The van der Waals surface area contributed by atoms with E-state index in [-0.39, 0.29) is 0 Å². The van der Waals surface area contributed by atoms with Gasteiger partial charge in [0.2, 0.25) is 10.0 Å². The molecule has 2 unspecified atom stereocenters. The third-order valence-electron chi connectivity index (χ3n) is 3.85. The largest absolute Gasteiger partial charge is 0.382 e. The molecule has 0 aliphatic heterocycles. The van der Waals surface area contributed by atoms with Crippen molar-refractivity contribution in [2.75, 3.05) is 19.4 Å². The van der Waals surface area contributed by atoms with E-state index in [0.717, 1.165) is 5.69 Å².